The van der Waals surface area contributed by atoms with Crippen molar-refractivity contribution < 1.29 is 9.47 Å². The lowest BCUT2D eigenvalue weighted by molar-refractivity contribution is 0.216. The monoisotopic (exact) mass is 369 g/mol. The lowest BCUT2D eigenvalue weighted by atomic mass is 10.00. The van der Waals surface area contributed by atoms with Gasteiger partial charge in [-0.25, -0.2) is 0 Å². The van der Waals surface area contributed by atoms with Crippen LogP contribution in [-0.2, 0) is 6.42 Å². The molecule has 0 radical (unpaired) electrons. The summed E-state index contributed by atoms with van der Waals surface area (Å²) in [6.07, 6.45) is 2.59. The minimum absolute atomic E-state index is 0.467. The van der Waals surface area contributed by atoms with Crippen LogP contribution in [0.15, 0.2) is 79.4 Å². The molecule has 0 saturated heterocycles. The third kappa shape index (κ3) is 5.02. The van der Waals surface area contributed by atoms with Crippen molar-refractivity contribution in [2.24, 2.45) is 0 Å². The highest BCUT2D eigenvalue weighted by Crippen LogP contribution is 2.28. The Morgan fingerprint density at radius 1 is 0.929 bits per heavy atom. The Morgan fingerprint density at radius 2 is 1.68 bits per heavy atom. The van der Waals surface area contributed by atoms with E-state index >= 15 is 0 Å². The predicted octanol–water partition coefficient (Wildman–Crippen LogP) is 5.72. The van der Waals surface area contributed by atoms with Crippen molar-refractivity contribution >= 4 is 0 Å². The fourth-order valence-corrected chi connectivity index (χ4v) is 2.97. The van der Waals surface area contributed by atoms with Gasteiger partial charge in [0.15, 0.2) is 0 Å². The molecule has 3 rings (SSSR count). The second-order valence-corrected chi connectivity index (χ2v) is 6.52. The zero-order chi connectivity index (χ0) is 19.8. The van der Waals surface area contributed by atoms with Gasteiger partial charge in [-0.2, -0.15) is 5.26 Å². The maximum atomic E-state index is 8.95. The van der Waals surface area contributed by atoms with Gasteiger partial charge in [-0.3, -0.25) is 0 Å². The Balaban J connectivity index is 1.66. The molecule has 0 N–H and O–H groups in total. The third-order valence-corrected chi connectivity index (χ3v) is 4.37. The Morgan fingerprint density at radius 3 is 2.39 bits per heavy atom. The molecule has 0 fully saturated rings. The Labute approximate surface area is 166 Å². The summed E-state index contributed by atoms with van der Waals surface area (Å²) in [4.78, 5) is 0. The van der Waals surface area contributed by atoms with Crippen molar-refractivity contribution in [3.05, 3.63) is 96.1 Å². The Kier molecular flexibility index (Phi) is 6.49. The van der Waals surface area contributed by atoms with Crippen molar-refractivity contribution in [2.45, 2.75) is 13.3 Å². The summed E-state index contributed by atoms with van der Waals surface area (Å²) in [5.41, 5.74) is 5.06. The first kappa shape index (κ1) is 19.3. The van der Waals surface area contributed by atoms with E-state index < -0.39 is 0 Å². The number of aryl methyl sites for hydroxylation is 1. The number of hydrogen-bond acceptors (Lipinski definition) is 3. The van der Waals surface area contributed by atoms with Gasteiger partial charge < -0.3 is 9.47 Å². The summed E-state index contributed by atoms with van der Waals surface area (Å²) >= 11 is 0. The lowest BCUT2D eigenvalue weighted by Crippen LogP contribution is -2.10. The van der Waals surface area contributed by atoms with Gasteiger partial charge in [0.25, 0.3) is 0 Å². The van der Waals surface area contributed by atoms with Crippen LogP contribution in [0.5, 0.6) is 11.5 Å². The van der Waals surface area contributed by atoms with E-state index in [1.165, 1.54) is 5.56 Å². The lowest BCUT2D eigenvalue weighted by Gasteiger charge is -2.13. The molecule has 0 spiro atoms. The van der Waals surface area contributed by atoms with Crippen molar-refractivity contribution in [1.29, 1.82) is 5.26 Å². The zero-order valence-electron chi connectivity index (χ0n) is 16.0. The second kappa shape index (κ2) is 9.43. The molecule has 0 unspecified atom stereocenters. The van der Waals surface area contributed by atoms with Crippen LogP contribution in [0.1, 0.15) is 16.7 Å². The van der Waals surface area contributed by atoms with Gasteiger partial charge in [0.1, 0.15) is 24.7 Å². The number of ether oxygens (including phenoxy) is 2. The molecule has 140 valence electrons. The number of rotatable bonds is 8. The molecular formula is C25H23NO2. The molecular weight excluding hydrogens is 346 g/mol. The standard InChI is InChI=1S/C25H23NO2/c1-3-5-23-17-22(21-10-8-20(18-26)9-11-21)12-13-25(23)28-15-14-27-24-7-4-6-19(2)16-24/h3-4,6-13,16-17H,1,5,14-15H2,2H3. The Hall–Kier alpha value is -3.51. The van der Waals surface area contributed by atoms with Crippen molar-refractivity contribution in [2.75, 3.05) is 13.2 Å². The van der Waals surface area contributed by atoms with E-state index in [4.69, 9.17) is 14.7 Å². The van der Waals surface area contributed by atoms with Crippen molar-refractivity contribution in [3.8, 4) is 28.7 Å². The molecule has 0 atom stereocenters. The summed E-state index contributed by atoms with van der Waals surface area (Å²) in [7, 11) is 0. The third-order valence-electron chi connectivity index (χ3n) is 4.37. The quantitative estimate of drug-likeness (QED) is 0.377. The molecule has 3 aromatic rings. The van der Waals surface area contributed by atoms with Crippen LogP contribution in [0, 0.1) is 18.3 Å². The van der Waals surface area contributed by atoms with Crippen LogP contribution in [0.3, 0.4) is 0 Å². The number of nitriles is 1. The summed E-state index contributed by atoms with van der Waals surface area (Å²) in [5.74, 6) is 1.69. The fourth-order valence-electron chi connectivity index (χ4n) is 2.97. The van der Waals surface area contributed by atoms with E-state index in [2.05, 4.69) is 18.7 Å². The van der Waals surface area contributed by atoms with E-state index in [0.29, 0.717) is 18.8 Å². The molecule has 0 heterocycles. The first-order chi connectivity index (χ1) is 13.7. The number of nitrogens with zero attached hydrogens (tertiary/aromatic N) is 1. The smallest absolute Gasteiger partial charge is 0.123 e. The van der Waals surface area contributed by atoms with Gasteiger partial charge in [0, 0.05) is 0 Å². The van der Waals surface area contributed by atoms with Gasteiger partial charge in [-0.15, -0.1) is 6.58 Å². The van der Waals surface area contributed by atoms with E-state index in [1.807, 2.05) is 73.7 Å². The summed E-state index contributed by atoms with van der Waals surface area (Å²) < 4.78 is 11.7. The SMILES string of the molecule is C=CCc1cc(-c2ccc(C#N)cc2)ccc1OCCOc1cccc(C)c1. The van der Waals surface area contributed by atoms with Crippen molar-refractivity contribution in [3.63, 3.8) is 0 Å². The molecule has 0 aliphatic rings. The summed E-state index contributed by atoms with van der Waals surface area (Å²) in [5, 5.41) is 8.95. The van der Waals surface area contributed by atoms with Crippen LogP contribution >= 0.6 is 0 Å². The van der Waals surface area contributed by atoms with E-state index in [9.17, 15) is 0 Å². The largest absolute Gasteiger partial charge is 0.490 e. The minimum atomic E-state index is 0.467. The molecule has 28 heavy (non-hydrogen) atoms. The van der Waals surface area contributed by atoms with Crippen LogP contribution in [0.2, 0.25) is 0 Å². The Bertz CT molecular complexity index is 984. The first-order valence-electron chi connectivity index (χ1n) is 9.26. The van der Waals surface area contributed by atoms with Gasteiger partial charge in [-0.05, 0) is 72.0 Å². The molecule has 0 aromatic heterocycles. The molecule has 3 heteroatoms. The van der Waals surface area contributed by atoms with Gasteiger partial charge in [-0.1, -0.05) is 36.4 Å². The van der Waals surface area contributed by atoms with E-state index in [1.54, 1.807) is 0 Å². The molecule has 0 aliphatic heterocycles. The molecule has 0 amide bonds. The summed E-state index contributed by atoms with van der Waals surface area (Å²) in [6, 6.07) is 23.8. The highest BCUT2D eigenvalue weighted by atomic mass is 16.5. The van der Waals surface area contributed by atoms with E-state index in [-0.39, 0.29) is 0 Å². The minimum Gasteiger partial charge on any atom is -0.490 e. The predicted molar refractivity (Wildman–Crippen MR) is 113 cm³/mol. The average Bonchev–Trinajstić information content (AvgIpc) is 2.72. The van der Waals surface area contributed by atoms with Gasteiger partial charge in [0.05, 0.1) is 11.6 Å². The highest BCUT2D eigenvalue weighted by Gasteiger charge is 2.07. The summed E-state index contributed by atoms with van der Waals surface area (Å²) in [6.45, 7) is 6.84. The first-order valence-corrected chi connectivity index (χ1v) is 9.26. The highest BCUT2D eigenvalue weighted by molar-refractivity contribution is 5.66. The zero-order valence-corrected chi connectivity index (χ0v) is 16.0. The number of benzene rings is 3. The number of hydrogen-bond donors (Lipinski definition) is 0. The maximum Gasteiger partial charge on any atom is 0.123 e. The van der Waals surface area contributed by atoms with Crippen molar-refractivity contribution in [1.82, 2.24) is 0 Å². The molecule has 0 saturated carbocycles. The van der Waals surface area contributed by atoms with Crippen LogP contribution in [0.4, 0.5) is 0 Å². The molecule has 0 bridgehead atoms. The molecule has 3 aromatic carbocycles. The normalized spacial score (nSPS) is 10.1. The average molecular weight is 369 g/mol. The molecule has 3 nitrogen and oxygen atoms in total. The van der Waals surface area contributed by atoms with Gasteiger partial charge >= 0.3 is 0 Å². The van der Waals surface area contributed by atoms with Crippen LogP contribution < -0.4 is 9.47 Å². The van der Waals surface area contributed by atoms with E-state index in [0.717, 1.165) is 34.6 Å². The maximum absolute atomic E-state index is 8.95. The number of allylic oxidation sites excluding steroid dienone is 1. The molecule has 0 aliphatic carbocycles. The van der Waals surface area contributed by atoms with Gasteiger partial charge in [0.2, 0.25) is 0 Å². The topological polar surface area (TPSA) is 42.2 Å². The fraction of sp³-hybridized carbons (Fsp3) is 0.160. The van der Waals surface area contributed by atoms with Crippen LogP contribution in [0.25, 0.3) is 11.1 Å². The second-order valence-electron chi connectivity index (χ2n) is 6.52. The van der Waals surface area contributed by atoms with Crippen LogP contribution in [-0.4, -0.2) is 13.2 Å².